The van der Waals surface area contributed by atoms with E-state index in [9.17, 15) is 4.79 Å². The number of benzene rings is 1. The molecular formula is C11H17N3O3. The van der Waals surface area contributed by atoms with Crippen molar-refractivity contribution in [3.63, 3.8) is 0 Å². The maximum Gasteiger partial charge on any atom is 0.319 e. The van der Waals surface area contributed by atoms with Gasteiger partial charge in [-0.1, -0.05) is 0 Å². The highest BCUT2D eigenvalue weighted by Crippen LogP contribution is 2.28. The second-order valence-electron chi connectivity index (χ2n) is 3.24. The number of urea groups is 1. The van der Waals surface area contributed by atoms with Gasteiger partial charge in [-0.2, -0.15) is 0 Å². The van der Waals surface area contributed by atoms with Gasteiger partial charge in [-0.15, -0.1) is 0 Å². The van der Waals surface area contributed by atoms with E-state index in [1.807, 2.05) is 0 Å². The van der Waals surface area contributed by atoms with Gasteiger partial charge in [-0.05, 0) is 12.1 Å². The third-order valence-corrected chi connectivity index (χ3v) is 2.09. The number of nitrogens with two attached hydrogens (primary N) is 1. The summed E-state index contributed by atoms with van der Waals surface area (Å²) in [5.41, 5.74) is 5.85. The van der Waals surface area contributed by atoms with Crippen LogP contribution in [0.1, 0.15) is 0 Å². The van der Waals surface area contributed by atoms with Crippen LogP contribution in [-0.2, 0) is 0 Å². The Morgan fingerprint density at radius 2 is 2.12 bits per heavy atom. The highest BCUT2D eigenvalue weighted by atomic mass is 16.5. The molecule has 0 aliphatic heterocycles. The lowest BCUT2D eigenvalue weighted by atomic mass is 10.2. The molecule has 0 fully saturated rings. The highest BCUT2D eigenvalue weighted by molar-refractivity contribution is 5.91. The van der Waals surface area contributed by atoms with Crippen LogP contribution in [0.25, 0.3) is 0 Å². The summed E-state index contributed by atoms with van der Waals surface area (Å²) in [7, 11) is 3.09. The van der Waals surface area contributed by atoms with Crippen LogP contribution in [0.4, 0.5) is 10.5 Å². The van der Waals surface area contributed by atoms with Crippen molar-refractivity contribution in [2.75, 3.05) is 32.6 Å². The van der Waals surface area contributed by atoms with Crippen molar-refractivity contribution >= 4 is 11.7 Å². The summed E-state index contributed by atoms with van der Waals surface area (Å²) in [4.78, 5) is 11.4. The minimum Gasteiger partial charge on any atom is -0.497 e. The van der Waals surface area contributed by atoms with Crippen LogP contribution in [0.15, 0.2) is 18.2 Å². The van der Waals surface area contributed by atoms with E-state index >= 15 is 0 Å². The minimum absolute atomic E-state index is 0.320. The smallest absolute Gasteiger partial charge is 0.319 e. The van der Waals surface area contributed by atoms with E-state index in [0.29, 0.717) is 30.3 Å². The van der Waals surface area contributed by atoms with Crippen molar-refractivity contribution in [2.45, 2.75) is 0 Å². The second kappa shape index (κ2) is 6.59. The third-order valence-electron chi connectivity index (χ3n) is 2.09. The van der Waals surface area contributed by atoms with Gasteiger partial charge in [0, 0.05) is 19.2 Å². The van der Waals surface area contributed by atoms with Gasteiger partial charge in [0.2, 0.25) is 0 Å². The van der Waals surface area contributed by atoms with E-state index in [1.54, 1.807) is 25.3 Å². The van der Waals surface area contributed by atoms with Crippen LogP contribution in [0.5, 0.6) is 11.5 Å². The van der Waals surface area contributed by atoms with Gasteiger partial charge in [-0.25, -0.2) is 4.79 Å². The molecule has 4 N–H and O–H groups in total. The zero-order valence-corrected chi connectivity index (χ0v) is 9.95. The molecule has 94 valence electrons. The molecule has 1 aromatic rings. The number of hydrogen-bond acceptors (Lipinski definition) is 4. The van der Waals surface area contributed by atoms with Gasteiger partial charge in [-0.3, -0.25) is 0 Å². The molecule has 0 saturated heterocycles. The van der Waals surface area contributed by atoms with E-state index in [2.05, 4.69) is 10.6 Å². The summed E-state index contributed by atoms with van der Waals surface area (Å²) in [6, 6.07) is 4.82. The monoisotopic (exact) mass is 239 g/mol. The van der Waals surface area contributed by atoms with Gasteiger partial charge >= 0.3 is 6.03 Å². The Hall–Kier alpha value is -1.95. The van der Waals surface area contributed by atoms with Crippen LogP contribution in [0.2, 0.25) is 0 Å². The van der Waals surface area contributed by atoms with Gasteiger partial charge in [0.05, 0.1) is 19.9 Å². The molecule has 0 unspecified atom stereocenters. The molecule has 1 rings (SSSR count). The lowest BCUT2D eigenvalue weighted by Crippen LogP contribution is -2.32. The fourth-order valence-electron chi connectivity index (χ4n) is 1.25. The molecule has 0 heterocycles. The molecule has 0 bridgehead atoms. The average Bonchev–Trinajstić information content (AvgIpc) is 2.36. The van der Waals surface area contributed by atoms with Crippen LogP contribution in [0, 0.1) is 0 Å². The van der Waals surface area contributed by atoms with E-state index in [1.165, 1.54) is 7.11 Å². The van der Waals surface area contributed by atoms with Crippen molar-refractivity contribution in [2.24, 2.45) is 5.73 Å². The Morgan fingerprint density at radius 1 is 1.35 bits per heavy atom. The van der Waals surface area contributed by atoms with E-state index in [-0.39, 0.29) is 6.03 Å². The summed E-state index contributed by atoms with van der Waals surface area (Å²) in [6.45, 7) is 0.817. The third kappa shape index (κ3) is 3.84. The number of rotatable bonds is 5. The van der Waals surface area contributed by atoms with Crippen molar-refractivity contribution in [1.29, 1.82) is 0 Å². The topological polar surface area (TPSA) is 85.6 Å². The van der Waals surface area contributed by atoms with Crippen molar-refractivity contribution in [3.8, 4) is 11.5 Å². The number of amides is 2. The van der Waals surface area contributed by atoms with Gasteiger partial charge in [0.25, 0.3) is 0 Å². The lowest BCUT2D eigenvalue weighted by Gasteiger charge is -2.11. The predicted molar refractivity (Wildman–Crippen MR) is 65.6 cm³/mol. The normalized spacial score (nSPS) is 9.59. The Morgan fingerprint density at radius 3 is 2.71 bits per heavy atom. The molecule has 0 atom stereocenters. The molecular weight excluding hydrogens is 222 g/mol. The SMILES string of the molecule is COc1ccc(NC(=O)NCCN)c(OC)c1. The molecule has 6 nitrogen and oxygen atoms in total. The first kappa shape index (κ1) is 13.1. The van der Waals surface area contributed by atoms with Crippen molar-refractivity contribution in [3.05, 3.63) is 18.2 Å². The van der Waals surface area contributed by atoms with E-state index < -0.39 is 0 Å². The maximum absolute atomic E-state index is 11.4. The molecule has 0 radical (unpaired) electrons. The molecule has 0 spiro atoms. The van der Waals surface area contributed by atoms with Crippen LogP contribution >= 0.6 is 0 Å². The summed E-state index contributed by atoms with van der Waals surface area (Å²) < 4.78 is 10.2. The van der Waals surface area contributed by atoms with Crippen LogP contribution < -0.4 is 25.8 Å². The van der Waals surface area contributed by atoms with Crippen molar-refractivity contribution < 1.29 is 14.3 Å². The van der Waals surface area contributed by atoms with Crippen molar-refractivity contribution in [1.82, 2.24) is 5.32 Å². The lowest BCUT2D eigenvalue weighted by molar-refractivity contribution is 0.252. The number of methoxy groups -OCH3 is 2. The first-order chi connectivity index (χ1) is 8.21. The average molecular weight is 239 g/mol. The summed E-state index contributed by atoms with van der Waals surface area (Å²) in [5.74, 6) is 1.20. The predicted octanol–water partition coefficient (Wildman–Crippen LogP) is 0.784. The highest BCUT2D eigenvalue weighted by Gasteiger charge is 2.07. The number of carbonyl (C=O) groups excluding carboxylic acids is 1. The fraction of sp³-hybridized carbons (Fsp3) is 0.364. The van der Waals surface area contributed by atoms with Gasteiger partial charge < -0.3 is 25.8 Å². The van der Waals surface area contributed by atoms with Crippen LogP contribution in [-0.4, -0.2) is 33.3 Å². The maximum atomic E-state index is 11.4. The fourth-order valence-corrected chi connectivity index (χ4v) is 1.25. The Balaban J connectivity index is 2.73. The zero-order valence-electron chi connectivity index (χ0n) is 9.95. The molecule has 2 amide bonds. The molecule has 0 aliphatic rings. The zero-order chi connectivity index (χ0) is 12.7. The number of nitrogens with one attached hydrogen (secondary N) is 2. The number of anilines is 1. The number of ether oxygens (including phenoxy) is 2. The van der Waals surface area contributed by atoms with Crippen LogP contribution in [0.3, 0.4) is 0 Å². The number of carbonyl (C=O) groups is 1. The summed E-state index contributed by atoms with van der Waals surface area (Å²) in [6.07, 6.45) is 0. The standard InChI is InChI=1S/C11H17N3O3/c1-16-8-3-4-9(10(7-8)17-2)14-11(15)13-6-5-12/h3-4,7H,5-6,12H2,1-2H3,(H2,13,14,15). The molecule has 6 heteroatoms. The number of hydrogen-bond donors (Lipinski definition) is 3. The first-order valence-corrected chi connectivity index (χ1v) is 5.18. The molecule has 0 saturated carbocycles. The summed E-state index contributed by atoms with van der Waals surface area (Å²) >= 11 is 0. The van der Waals surface area contributed by atoms with E-state index in [0.717, 1.165) is 0 Å². The molecule has 1 aromatic carbocycles. The van der Waals surface area contributed by atoms with E-state index in [4.69, 9.17) is 15.2 Å². The Labute approximate surface area is 100 Å². The largest absolute Gasteiger partial charge is 0.497 e. The van der Waals surface area contributed by atoms with Gasteiger partial charge in [0.1, 0.15) is 11.5 Å². The minimum atomic E-state index is -0.320. The van der Waals surface area contributed by atoms with Gasteiger partial charge in [0.15, 0.2) is 0 Å². The second-order valence-corrected chi connectivity index (χ2v) is 3.24. The Kier molecular flexibility index (Phi) is 5.09. The molecule has 17 heavy (non-hydrogen) atoms. The first-order valence-electron chi connectivity index (χ1n) is 5.18. The quantitative estimate of drug-likeness (QED) is 0.709. The Bertz CT molecular complexity index is 382. The molecule has 0 aliphatic carbocycles. The molecule has 0 aromatic heterocycles. The summed E-state index contributed by atoms with van der Waals surface area (Å²) in [5, 5.41) is 5.26.